The van der Waals surface area contributed by atoms with Crippen molar-refractivity contribution in [3.8, 4) is 0 Å². The van der Waals surface area contributed by atoms with E-state index in [1.807, 2.05) is 0 Å². The normalized spacial score (nSPS) is 8.00. The summed E-state index contributed by atoms with van der Waals surface area (Å²) in [5, 5.41) is 8.26. The fourth-order valence-corrected chi connectivity index (χ4v) is 0.410. The molecule has 5 heteroatoms. The minimum Gasteiger partial charge on any atom is -1.00 e. The second-order valence-corrected chi connectivity index (χ2v) is 1.38. The average molecular weight is 132 g/mol. The number of carbonyl (C=O) groups is 1. The Labute approximate surface area is 71.0 Å². The van der Waals surface area contributed by atoms with Crippen LogP contribution in [-0.2, 0) is 0 Å². The van der Waals surface area contributed by atoms with Crippen LogP contribution in [0.4, 0.5) is 0 Å². The molecule has 0 atom stereocenters. The van der Waals surface area contributed by atoms with Crippen LogP contribution in [0, 0.1) is 0 Å². The van der Waals surface area contributed by atoms with Crippen molar-refractivity contribution in [1.82, 2.24) is 9.97 Å². The fourth-order valence-electron chi connectivity index (χ4n) is 0.410. The molecule has 0 saturated heterocycles. The van der Waals surface area contributed by atoms with E-state index in [-0.39, 0.29) is 26.1 Å². The van der Waals surface area contributed by atoms with Crippen LogP contribution >= 0.6 is 0 Å². The van der Waals surface area contributed by atoms with Gasteiger partial charge in [-0.2, -0.15) is 0 Å². The van der Waals surface area contributed by atoms with Gasteiger partial charge in [-0.1, -0.05) is 0 Å². The molecule has 0 aliphatic heterocycles. The van der Waals surface area contributed by atoms with Crippen molar-refractivity contribution in [1.29, 1.82) is 0 Å². The molecular formula is C5H5LiN2O2. The summed E-state index contributed by atoms with van der Waals surface area (Å²) in [4.78, 5) is 17.0. The topological polar surface area (TPSA) is 63.1 Å². The zero-order valence-corrected chi connectivity index (χ0v) is 5.48. The summed E-state index contributed by atoms with van der Waals surface area (Å²) in [6, 6.07) is 1.56. The van der Waals surface area contributed by atoms with Crippen LogP contribution in [0.15, 0.2) is 18.5 Å². The Balaban J connectivity index is 0. The maximum atomic E-state index is 10.1. The van der Waals surface area contributed by atoms with E-state index in [0.717, 1.165) is 0 Å². The van der Waals surface area contributed by atoms with Crippen LogP contribution in [0.25, 0.3) is 0 Å². The SMILES string of the molecule is O=C(O)c1ncccn1.[H-].[Li+]. The molecule has 48 valence electrons. The number of aromatic nitrogens is 2. The molecule has 0 saturated carbocycles. The van der Waals surface area contributed by atoms with Gasteiger partial charge in [0.1, 0.15) is 0 Å². The first-order chi connectivity index (χ1) is 4.30. The fraction of sp³-hybridized carbons (Fsp3) is 0. The molecule has 1 rings (SSSR count). The number of carboxylic acids is 1. The summed E-state index contributed by atoms with van der Waals surface area (Å²) >= 11 is 0. The third-order valence-electron chi connectivity index (χ3n) is 0.757. The number of aromatic carboxylic acids is 1. The van der Waals surface area contributed by atoms with Gasteiger partial charge in [0.15, 0.2) is 0 Å². The van der Waals surface area contributed by atoms with E-state index < -0.39 is 5.97 Å². The molecule has 0 aliphatic rings. The molecule has 1 heterocycles. The molecule has 0 aliphatic carbocycles. The van der Waals surface area contributed by atoms with Crippen LogP contribution in [0.1, 0.15) is 12.0 Å². The minimum absolute atomic E-state index is 0. The number of carboxylic acid groups (broad SMARTS) is 1. The quantitative estimate of drug-likeness (QED) is 0.422. The maximum Gasteiger partial charge on any atom is 1.00 e. The van der Waals surface area contributed by atoms with E-state index in [4.69, 9.17) is 5.11 Å². The molecule has 1 aromatic heterocycles. The van der Waals surface area contributed by atoms with Gasteiger partial charge < -0.3 is 6.53 Å². The van der Waals surface area contributed by atoms with Crippen LogP contribution in [0.2, 0.25) is 0 Å². The van der Waals surface area contributed by atoms with Gasteiger partial charge >= 0.3 is 24.8 Å². The Bertz CT molecular complexity index is 219. The summed E-state index contributed by atoms with van der Waals surface area (Å²) in [5.74, 6) is -1.27. The Hall–Kier alpha value is -0.853. The summed E-state index contributed by atoms with van der Waals surface area (Å²) in [5.41, 5.74) is 0. The first-order valence-corrected chi connectivity index (χ1v) is 2.31. The molecule has 0 bridgehead atoms. The average Bonchev–Trinajstić information content (AvgIpc) is 1.90. The van der Waals surface area contributed by atoms with Crippen LogP contribution in [-0.4, -0.2) is 21.0 Å². The number of hydrogen-bond acceptors (Lipinski definition) is 3. The standard InChI is InChI=1S/C5H4N2O2.Li.H/c8-5(9)4-6-2-1-3-7-4;;/h1-3H,(H,8,9);;/q;+1;-1. The van der Waals surface area contributed by atoms with Gasteiger partial charge in [0.2, 0.25) is 5.82 Å². The smallest absolute Gasteiger partial charge is 1.00 e. The zero-order chi connectivity index (χ0) is 6.69. The Morgan fingerprint density at radius 3 is 2.30 bits per heavy atom. The summed E-state index contributed by atoms with van der Waals surface area (Å²) in [6.07, 6.45) is 2.77. The maximum absolute atomic E-state index is 10.1. The Morgan fingerprint density at radius 1 is 1.50 bits per heavy atom. The predicted octanol–water partition coefficient (Wildman–Crippen LogP) is -2.71. The molecule has 0 unspecified atom stereocenters. The largest absolute Gasteiger partial charge is 1.00 e. The van der Waals surface area contributed by atoms with Gasteiger partial charge in [0.25, 0.3) is 0 Å². The molecule has 1 N–H and O–H groups in total. The van der Waals surface area contributed by atoms with Crippen molar-refractivity contribution in [2.45, 2.75) is 0 Å². The van der Waals surface area contributed by atoms with E-state index in [0.29, 0.717) is 0 Å². The van der Waals surface area contributed by atoms with E-state index in [1.165, 1.54) is 12.4 Å². The Kier molecular flexibility index (Phi) is 3.70. The van der Waals surface area contributed by atoms with Gasteiger partial charge in [0.05, 0.1) is 0 Å². The van der Waals surface area contributed by atoms with Crippen molar-refractivity contribution in [3.63, 3.8) is 0 Å². The van der Waals surface area contributed by atoms with Crippen LogP contribution in [0.3, 0.4) is 0 Å². The summed E-state index contributed by atoms with van der Waals surface area (Å²) in [7, 11) is 0. The molecule has 0 radical (unpaired) electrons. The van der Waals surface area contributed by atoms with E-state index in [9.17, 15) is 4.79 Å². The molecule has 0 spiro atoms. The van der Waals surface area contributed by atoms with Crippen LogP contribution < -0.4 is 18.9 Å². The number of nitrogens with zero attached hydrogens (tertiary/aromatic N) is 2. The van der Waals surface area contributed by atoms with Crippen LogP contribution in [0.5, 0.6) is 0 Å². The Morgan fingerprint density at radius 2 is 2.00 bits per heavy atom. The first-order valence-electron chi connectivity index (χ1n) is 2.31. The molecular weight excluding hydrogens is 127 g/mol. The molecule has 0 amide bonds. The monoisotopic (exact) mass is 132 g/mol. The molecule has 0 aromatic carbocycles. The second-order valence-electron chi connectivity index (χ2n) is 1.38. The minimum atomic E-state index is -1.10. The van der Waals surface area contributed by atoms with Gasteiger partial charge in [0, 0.05) is 12.4 Å². The van der Waals surface area contributed by atoms with Gasteiger partial charge in [-0.25, -0.2) is 14.8 Å². The van der Waals surface area contributed by atoms with E-state index in [1.54, 1.807) is 6.07 Å². The van der Waals surface area contributed by atoms with Gasteiger partial charge in [-0.05, 0) is 6.07 Å². The van der Waals surface area contributed by atoms with Crippen molar-refractivity contribution in [2.75, 3.05) is 0 Å². The van der Waals surface area contributed by atoms with Gasteiger partial charge in [-0.15, -0.1) is 0 Å². The number of hydrogen-bond donors (Lipinski definition) is 1. The van der Waals surface area contributed by atoms with Gasteiger partial charge in [-0.3, -0.25) is 0 Å². The second kappa shape index (κ2) is 4.04. The van der Waals surface area contributed by atoms with Crippen molar-refractivity contribution < 1.29 is 30.2 Å². The molecule has 0 fully saturated rings. The van der Waals surface area contributed by atoms with Crippen molar-refractivity contribution >= 4 is 5.97 Å². The predicted molar refractivity (Wildman–Crippen MR) is 30.1 cm³/mol. The zero-order valence-electron chi connectivity index (χ0n) is 6.48. The third kappa shape index (κ3) is 2.17. The summed E-state index contributed by atoms with van der Waals surface area (Å²) < 4.78 is 0. The first kappa shape index (κ1) is 9.15. The van der Waals surface area contributed by atoms with Crippen molar-refractivity contribution in [2.24, 2.45) is 0 Å². The molecule has 4 nitrogen and oxygen atoms in total. The molecule has 10 heavy (non-hydrogen) atoms. The van der Waals surface area contributed by atoms with Crippen molar-refractivity contribution in [3.05, 3.63) is 24.3 Å². The van der Waals surface area contributed by atoms with E-state index in [2.05, 4.69) is 9.97 Å². The summed E-state index contributed by atoms with van der Waals surface area (Å²) in [6.45, 7) is 0. The number of rotatable bonds is 1. The molecule has 1 aromatic rings. The third-order valence-corrected chi connectivity index (χ3v) is 0.757. The van der Waals surface area contributed by atoms with E-state index >= 15 is 0 Å².